The summed E-state index contributed by atoms with van der Waals surface area (Å²) < 4.78 is 11.1. The summed E-state index contributed by atoms with van der Waals surface area (Å²) in [4.78, 5) is 8.72. The number of pyridine rings is 1. The summed E-state index contributed by atoms with van der Waals surface area (Å²) in [5.41, 5.74) is 6.67. The average molecular weight is 330 g/mol. The van der Waals surface area contributed by atoms with Crippen LogP contribution in [0.3, 0.4) is 0 Å². The highest BCUT2D eigenvalue weighted by atomic mass is 16.5. The Balaban J connectivity index is 1.40. The summed E-state index contributed by atoms with van der Waals surface area (Å²) in [5.74, 6) is 1.62. The van der Waals surface area contributed by atoms with Crippen molar-refractivity contribution >= 4 is 0 Å². The third kappa shape index (κ3) is 3.14. The fourth-order valence-electron chi connectivity index (χ4n) is 3.42. The molecule has 0 aromatic carbocycles. The minimum atomic E-state index is -0.371. The summed E-state index contributed by atoms with van der Waals surface area (Å²) >= 11 is 0. The molecule has 2 aliphatic rings. The number of rotatable bonds is 5. The predicted molar refractivity (Wildman–Crippen MR) is 86.2 cm³/mol. The minimum absolute atomic E-state index is 0.00128. The molecule has 2 fully saturated rings. The van der Waals surface area contributed by atoms with Crippen LogP contribution in [0, 0.1) is 5.92 Å². The molecule has 3 atom stereocenters. The van der Waals surface area contributed by atoms with Crippen LogP contribution in [0.1, 0.15) is 38.0 Å². The Kier molecular flexibility index (Phi) is 4.20. The number of nitrogens with zero attached hydrogens (tertiary/aromatic N) is 3. The van der Waals surface area contributed by atoms with Crippen molar-refractivity contribution in [3.8, 4) is 17.3 Å². The minimum Gasteiger partial charge on any atom is -0.474 e. The van der Waals surface area contributed by atoms with Gasteiger partial charge in [-0.05, 0) is 38.2 Å². The van der Waals surface area contributed by atoms with E-state index in [-0.39, 0.29) is 18.1 Å². The van der Waals surface area contributed by atoms with Crippen LogP contribution in [0.2, 0.25) is 0 Å². The fraction of sp³-hybridized carbons (Fsp3) is 0.588. The maximum Gasteiger partial charge on any atom is 0.227 e. The van der Waals surface area contributed by atoms with Crippen molar-refractivity contribution in [2.24, 2.45) is 11.7 Å². The molecule has 128 valence electrons. The monoisotopic (exact) mass is 330 g/mol. The average Bonchev–Trinajstić information content (AvgIpc) is 3.25. The van der Waals surface area contributed by atoms with Crippen LogP contribution in [0.5, 0.6) is 5.88 Å². The molecular formula is C17H22N4O3. The van der Waals surface area contributed by atoms with Gasteiger partial charge in [-0.15, -0.1) is 0 Å². The molecule has 2 saturated carbocycles. The van der Waals surface area contributed by atoms with E-state index in [0.29, 0.717) is 36.5 Å². The number of aliphatic hydroxyl groups is 1. The van der Waals surface area contributed by atoms with E-state index >= 15 is 0 Å². The summed E-state index contributed by atoms with van der Waals surface area (Å²) in [6.07, 6.45) is 7.43. The van der Waals surface area contributed by atoms with Gasteiger partial charge in [-0.3, -0.25) is 0 Å². The molecule has 2 heterocycles. The lowest BCUT2D eigenvalue weighted by Crippen LogP contribution is -2.52. The third-order valence-electron chi connectivity index (χ3n) is 5.02. The molecule has 0 aliphatic heterocycles. The maximum atomic E-state index is 9.72. The maximum absolute atomic E-state index is 9.72. The first-order chi connectivity index (χ1) is 11.7. The number of nitrogens with two attached hydrogens (primary N) is 1. The van der Waals surface area contributed by atoms with Gasteiger partial charge in [0.05, 0.1) is 6.10 Å². The van der Waals surface area contributed by atoms with E-state index in [0.717, 1.165) is 18.4 Å². The molecule has 2 aromatic rings. The van der Waals surface area contributed by atoms with Gasteiger partial charge in [0.2, 0.25) is 17.6 Å². The first kappa shape index (κ1) is 15.5. The van der Waals surface area contributed by atoms with E-state index in [2.05, 4.69) is 15.1 Å². The van der Waals surface area contributed by atoms with Crippen LogP contribution in [-0.2, 0) is 6.42 Å². The zero-order valence-electron chi connectivity index (χ0n) is 13.5. The standard InChI is InChI=1S/C17H22N4O3/c18-13-8-14(22)12(13)7-16-20-17(21-24-16)10-5-6-15(19-9-10)23-11-3-1-2-4-11/h5-6,9,11-14,22H,1-4,7-8,18H2/t12-,13+,14-/m0/s1. The van der Waals surface area contributed by atoms with Crippen molar-refractivity contribution in [3.05, 3.63) is 24.2 Å². The fourth-order valence-corrected chi connectivity index (χ4v) is 3.42. The molecule has 0 saturated heterocycles. The van der Waals surface area contributed by atoms with Crippen molar-refractivity contribution in [2.45, 2.75) is 56.8 Å². The second-order valence-corrected chi connectivity index (χ2v) is 6.76. The van der Waals surface area contributed by atoms with Crippen molar-refractivity contribution in [1.82, 2.24) is 15.1 Å². The molecule has 7 heteroatoms. The van der Waals surface area contributed by atoms with Crippen molar-refractivity contribution < 1.29 is 14.4 Å². The molecule has 3 N–H and O–H groups in total. The first-order valence-electron chi connectivity index (χ1n) is 8.58. The highest BCUT2D eigenvalue weighted by Gasteiger charge is 2.38. The summed E-state index contributed by atoms with van der Waals surface area (Å²) in [6.45, 7) is 0. The number of hydrogen-bond acceptors (Lipinski definition) is 7. The van der Waals surface area contributed by atoms with Gasteiger partial charge in [0, 0.05) is 36.2 Å². The molecule has 0 radical (unpaired) electrons. The van der Waals surface area contributed by atoms with Crippen LogP contribution >= 0.6 is 0 Å². The van der Waals surface area contributed by atoms with E-state index in [9.17, 15) is 5.11 Å². The van der Waals surface area contributed by atoms with Crippen LogP contribution < -0.4 is 10.5 Å². The molecule has 0 spiro atoms. The van der Waals surface area contributed by atoms with Gasteiger partial charge in [-0.1, -0.05) is 5.16 Å². The molecule has 0 amide bonds. The Labute approximate surface area is 140 Å². The zero-order chi connectivity index (χ0) is 16.5. The smallest absolute Gasteiger partial charge is 0.227 e. The number of hydrogen-bond donors (Lipinski definition) is 2. The van der Waals surface area contributed by atoms with Gasteiger partial charge in [-0.25, -0.2) is 4.98 Å². The molecule has 2 aromatic heterocycles. The van der Waals surface area contributed by atoms with E-state index in [1.165, 1.54) is 12.8 Å². The lowest BCUT2D eigenvalue weighted by Gasteiger charge is -2.38. The van der Waals surface area contributed by atoms with Crippen molar-refractivity contribution in [2.75, 3.05) is 0 Å². The zero-order valence-corrected chi connectivity index (χ0v) is 13.5. The topological polar surface area (TPSA) is 107 Å². The van der Waals surface area contributed by atoms with Crippen molar-refractivity contribution in [3.63, 3.8) is 0 Å². The highest BCUT2D eigenvalue weighted by Crippen LogP contribution is 2.30. The SMILES string of the molecule is N[C@@H]1C[C@H](O)[C@H]1Cc1nc(-c2ccc(OC3CCCC3)nc2)no1. The van der Waals surface area contributed by atoms with E-state index in [1.807, 2.05) is 12.1 Å². The Hall–Kier alpha value is -1.99. The van der Waals surface area contributed by atoms with Crippen LogP contribution in [0.25, 0.3) is 11.4 Å². The van der Waals surface area contributed by atoms with Gasteiger partial charge < -0.3 is 20.1 Å². The number of ether oxygens (including phenoxy) is 1. The summed E-state index contributed by atoms with van der Waals surface area (Å²) in [5, 5.41) is 13.7. The van der Waals surface area contributed by atoms with Gasteiger partial charge >= 0.3 is 0 Å². The van der Waals surface area contributed by atoms with Crippen LogP contribution in [-0.4, -0.2) is 38.5 Å². The van der Waals surface area contributed by atoms with E-state index in [4.69, 9.17) is 15.0 Å². The van der Waals surface area contributed by atoms with Crippen LogP contribution in [0.15, 0.2) is 22.9 Å². The van der Waals surface area contributed by atoms with Crippen LogP contribution in [0.4, 0.5) is 0 Å². The number of aromatic nitrogens is 3. The lowest BCUT2D eigenvalue weighted by atomic mass is 9.75. The molecule has 2 aliphatic carbocycles. The Bertz CT molecular complexity index is 673. The van der Waals surface area contributed by atoms with Gasteiger partial charge in [0.15, 0.2) is 0 Å². The Morgan fingerprint density at radius 3 is 2.79 bits per heavy atom. The number of aliphatic hydroxyl groups excluding tert-OH is 1. The normalized spacial score (nSPS) is 27.2. The van der Waals surface area contributed by atoms with E-state index < -0.39 is 0 Å². The largest absolute Gasteiger partial charge is 0.474 e. The highest BCUT2D eigenvalue weighted by molar-refractivity contribution is 5.53. The molecule has 4 rings (SSSR count). The summed E-state index contributed by atoms with van der Waals surface area (Å²) in [7, 11) is 0. The predicted octanol–water partition coefficient (Wildman–Crippen LogP) is 1.70. The third-order valence-corrected chi connectivity index (χ3v) is 5.02. The van der Waals surface area contributed by atoms with Crippen molar-refractivity contribution in [1.29, 1.82) is 0 Å². The second kappa shape index (κ2) is 6.49. The second-order valence-electron chi connectivity index (χ2n) is 6.76. The Morgan fingerprint density at radius 2 is 2.12 bits per heavy atom. The van der Waals surface area contributed by atoms with Gasteiger partial charge in [0.1, 0.15) is 6.10 Å². The van der Waals surface area contributed by atoms with E-state index in [1.54, 1.807) is 6.20 Å². The van der Waals surface area contributed by atoms with Gasteiger partial charge in [-0.2, -0.15) is 4.98 Å². The lowest BCUT2D eigenvalue weighted by molar-refractivity contribution is 0.000907. The molecule has 7 nitrogen and oxygen atoms in total. The molecule has 0 bridgehead atoms. The summed E-state index contributed by atoms with van der Waals surface area (Å²) in [6, 6.07) is 3.73. The quantitative estimate of drug-likeness (QED) is 0.859. The molecular weight excluding hydrogens is 308 g/mol. The first-order valence-corrected chi connectivity index (χ1v) is 8.58. The van der Waals surface area contributed by atoms with Gasteiger partial charge in [0.25, 0.3) is 0 Å². The molecule has 24 heavy (non-hydrogen) atoms. The Morgan fingerprint density at radius 1 is 1.29 bits per heavy atom. The molecule has 0 unspecified atom stereocenters.